The lowest BCUT2D eigenvalue weighted by molar-refractivity contribution is -0.147. The van der Waals surface area contributed by atoms with Crippen LogP contribution in [0, 0.1) is 17.8 Å². The number of rotatable bonds is 5. The van der Waals surface area contributed by atoms with E-state index in [-0.39, 0.29) is 17.7 Å². The van der Waals surface area contributed by atoms with Crippen molar-refractivity contribution in [2.75, 3.05) is 31.6 Å². The summed E-state index contributed by atoms with van der Waals surface area (Å²) in [4.78, 5) is 38.6. The number of benzene rings is 1. The van der Waals surface area contributed by atoms with Gasteiger partial charge in [0.1, 0.15) is 0 Å². The fourth-order valence-corrected chi connectivity index (χ4v) is 3.86. The Balaban J connectivity index is 1.68. The number of nitrogens with one attached hydrogen (secondary N) is 1. The molecule has 0 bridgehead atoms. The van der Waals surface area contributed by atoms with Crippen LogP contribution in [-0.4, -0.2) is 54.1 Å². The molecule has 1 saturated heterocycles. The van der Waals surface area contributed by atoms with E-state index in [1.807, 2.05) is 19.1 Å². The second kappa shape index (κ2) is 9.01. The molecule has 1 aromatic rings. The molecule has 0 saturated carbocycles. The van der Waals surface area contributed by atoms with Gasteiger partial charge in [0, 0.05) is 24.3 Å². The van der Waals surface area contributed by atoms with Gasteiger partial charge < -0.3 is 20.1 Å². The second-order valence-electron chi connectivity index (χ2n) is 7.18. The first-order valence-electron chi connectivity index (χ1n) is 9.68. The van der Waals surface area contributed by atoms with Crippen molar-refractivity contribution in [3.63, 3.8) is 0 Å². The number of allylic oxidation sites excluding steroid dienone is 2. The molecule has 0 unspecified atom stereocenters. The minimum absolute atomic E-state index is 0.0596. The Morgan fingerprint density at radius 3 is 2.46 bits per heavy atom. The second-order valence-corrected chi connectivity index (χ2v) is 7.18. The maximum Gasteiger partial charge on any atom is 0.307 e. The highest BCUT2D eigenvalue weighted by Gasteiger charge is 2.39. The standard InChI is InChI=1S/C21H26N2O5/c1-2-14-4-3-5-17(21(26)27)18(14)19(24)22-16-8-6-15(7-9-16)20(25)23-10-12-28-13-11-23/h3-4,6-9,14,17-18H,2,5,10-13H2,1H3,(H,22,24)(H,26,27)/t14-,17-,18+/m0/s1. The van der Waals surface area contributed by atoms with Crippen LogP contribution in [0.4, 0.5) is 5.69 Å². The van der Waals surface area contributed by atoms with Crippen molar-refractivity contribution < 1.29 is 24.2 Å². The highest BCUT2D eigenvalue weighted by atomic mass is 16.5. The fourth-order valence-electron chi connectivity index (χ4n) is 3.86. The SMILES string of the molecule is CC[C@H]1C=CC[C@H](C(=O)O)[C@@H]1C(=O)Nc1ccc(C(=O)N2CCOCC2)cc1. The molecule has 1 aliphatic carbocycles. The van der Waals surface area contributed by atoms with Crippen LogP contribution in [0.15, 0.2) is 36.4 Å². The first kappa shape index (κ1) is 20.1. The number of morpholine rings is 1. The lowest BCUT2D eigenvalue weighted by Gasteiger charge is -2.31. The van der Waals surface area contributed by atoms with Crippen LogP contribution in [0.1, 0.15) is 30.1 Å². The van der Waals surface area contributed by atoms with Gasteiger partial charge in [0.15, 0.2) is 0 Å². The number of carbonyl (C=O) groups excluding carboxylic acids is 2. The van der Waals surface area contributed by atoms with Gasteiger partial charge in [-0.1, -0.05) is 19.1 Å². The number of aliphatic carboxylic acids is 1. The molecule has 0 spiro atoms. The summed E-state index contributed by atoms with van der Waals surface area (Å²) in [5, 5.41) is 12.3. The van der Waals surface area contributed by atoms with Gasteiger partial charge in [0.25, 0.3) is 5.91 Å². The summed E-state index contributed by atoms with van der Waals surface area (Å²) in [6.07, 6.45) is 4.85. The van der Waals surface area contributed by atoms with Crippen molar-refractivity contribution in [2.45, 2.75) is 19.8 Å². The molecule has 150 valence electrons. The summed E-state index contributed by atoms with van der Waals surface area (Å²) in [5.74, 6) is -2.74. The van der Waals surface area contributed by atoms with E-state index < -0.39 is 17.8 Å². The maximum atomic E-state index is 12.8. The van der Waals surface area contributed by atoms with Crippen LogP contribution in [-0.2, 0) is 14.3 Å². The van der Waals surface area contributed by atoms with Gasteiger partial charge >= 0.3 is 5.97 Å². The van der Waals surface area contributed by atoms with Crippen LogP contribution in [0.3, 0.4) is 0 Å². The molecule has 3 atom stereocenters. The van der Waals surface area contributed by atoms with Gasteiger partial charge in [-0.15, -0.1) is 0 Å². The number of ether oxygens (including phenoxy) is 1. The number of nitrogens with zero attached hydrogens (tertiary/aromatic N) is 1. The number of carbonyl (C=O) groups is 3. The molecule has 1 aliphatic heterocycles. The van der Waals surface area contributed by atoms with E-state index >= 15 is 0 Å². The summed E-state index contributed by atoms with van der Waals surface area (Å²) in [5.41, 5.74) is 1.10. The van der Waals surface area contributed by atoms with Crippen molar-refractivity contribution in [3.8, 4) is 0 Å². The molecule has 28 heavy (non-hydrogen) atoms. The molecule has 2 aliphatic rings. The third-order valence-electron chi connectivity index (χ3n) is 5.46. The average molecular weight is 386 g/mol. The molecule has 7 nitrogen and oxygen atoms in total. The third-order valence-corrected chi connectivity index (χ3v) is 5.46. The zero-order valence-corrected chi connectivity index (χ0v) is 16.0. The smallest absolute Gasteiger partial charge is 0.307 e. The molecular formula is C21H26N2O5. The lowest BCUT2D eigenvalue weighted by atomic mass is 9.74. The van der Waals surface area contributed by atoms with Gasteiger partial charge in [-0.2, -0.15) is 0 Å². The molecule has 7 heteroatoms. The molecule has 0 aromatic heterocycles. The van der Waals surface area contributed by atoms with Crippen LogP contribution in [0.5, 0.6) is 0 Å². The lowest BCUT2D eigenvalue weighted by Crippen LogP contribution is -2.40. The van der Waals surface area contributed by atoms with Gasteiger partial charge in [-0.25, -0.2) is 0 Å². The van der Waals surface area contributed by atoms with Crippen molar-refractivity contribution in [1.82, 2.24) is 4.90 Å². The van der Waals surface area contributed by atoms with Gasteiger partial charge in [0.05, 0.1) is 25.0 Å². The molecule has 1 heterocycles. The van der Waals surface area contributed by atoms with Crippen LogP contribution >= 0.6 is 0 Å². The van der Waals surface area contributed by atoms with Crippen molar-refractivity contribution in [1.29, 1.82) is 0 Å². The minimum atomic E-state index is -0.950. The number of hydrogen-bond acceptors (Lipinski definition) is 4. The Morgan fingerprint density at radius 2 is 1.86 bits per heavy atom. The summed E-state index contributed by atoms with van der Waals surface area (Å²) in [6.45, 7) is 4.17. The zero-order chi connectivity index (χ0) is 20.1. The monoisotopic (exact) mass is 386 g/mol. The topological polar surface area (TPSA) is 95.9 Å². The highest BCUT2D eigenvalue weighted by molar-refractivity contribution is 5.97. The molecule has 2 N–H and O–H groups in total. The number of hydrogen-bond donors (Lipinski definition) is 2. The van der Waals surface area contributed by atoms with E-state index in [0.29, 0.717) is 50.4 Å². The number of carboxylic acid groups (broad SMARTS) is 1. The summed E-state index contributed by atoms with van der Waals surface area (Å²) in [7, 11) is 0. The van der Waals surface area contributed by atoms with Gasteiger partial charge in [-0.05, 0) is 43.0 Å². The first-order valence-corrected chi connectivity index (χ1v) is 9.68. The van der Waals surface area contributed by atoms with Gasteiger partial charge in [-0.3, -0.25) is 14.4 Å². The first-order chi connectivity index (χ1) is 13.5. The molecule has 3 rings (SSSR count). The fraction of sp³-hybridized carbons (Fsp3) is 0.476. The predicted octanol–water partition coefficient (Wildman–Crippen LogP) is 2.40. The van der Waals surface area contributed by atoms with E-state index in [9.17, 15) is 19.5 Å². The van der Waals surface area contributed by atoms with Crippen LogP contribution < -0.4 is 5.32 Å². The minimum Gasteiger partial charge on any atom is -0.481 e. The third kappa shape index (κ3) is 4.42. The summed E-state index contributed by atoms with van der Waals surface area (Å²) < 4.78 is 5.26. The molecule has 1 aromatic carbocycles. The molecular weight excluding hydrogens is 360 g/mol. The normalized spacial score (nSPS) is 24.6. The predicted molar refractivity (Wildman–Crippen MR) is 104 cm³/mol. The molecule has 0 radical (unpaired) electrons. The van der Waals surface area contributed by atoms with E-state index in [1.165, 1.54) is 0 Å². The Kier molecular flexibility index (Phi) is 6.46. The Morgan fingerprint density at radius 1 is 1.18 bits per heavy atom. The summed E-state index contributed by atoms with van der Waals surface area (Å²) in [6, 6.07) is 6.72. The average Bonchev–Trinajstić information content (AvgIpc) is 2.73. The van der Waals surface area contributed by atoms with Crippen molar-refractivity contribution in [2.24, 2.45) is 17.8 Å². The van der Waals surface area contributed by atoms with E-state index in [0.717, 1.165) is 0 Å². The van der Waals surface area contributed by atoms with E-state index in [2.05, 4.69) is 5.32 Å². The quantitative estimate of drug-likeness (QED) is 0.758. The van der Waals surface area contributed by atoms with Crippen molar-refractivity contribution in [3.05, 3.63) is 42.0 Å². The largest absolute Gasteiger partial charge is 0.481 e. The molecule has 2 amide bonds. The number of anilines is 1. The van der Waals surface area contributed by atoms with E-state index in [1.54, 1.807) is 29.2 Å². The highest BCUT2D eigenvalue weighted by Crippen LogP contribution is 2.33. The maximum absolute atomic E-state index is 12.8. The Hall–Kier alpha value is -2.67. The van der Waals surface area contributed by atoms with Gasteiger partial charge in [0.2, 0.25) is 5.91 Å². The number of amides is 2. The molecule has 1 fully saturated rings. The number of carboxylic acids is 1. The Bertz CT molecular complexity index is 753. The van der Waals surface area contributed by atoms with Crippen LogP contribution in [0.2, 0.25) is 0 Å². The van der Waals surface area contributed by atoms with Crippen molar-refractivity contribution >= 4 is 23.5 Å². The van der Waals surface area contributed by atoms with E-state index in [4.69, 9.17) is 4.74 Å². The summed E-state index contributed by atoms with van der Waals surface area (Å²) >= 11 is 0. The Labute approximate surface area is 164 Å². The van der Waals surface area contributed by atoms with Crippen LogP contribution in [0.25, 0.3) is 0 Å². The zero-order valence-electron chi connectivity index (χ0n) is 16.0.